The molecule has 1 atom stereocenters. The second kappa shape index (κ2) is 4.44. The third-order valence-electron chi connectivity index (χ3n) is 2.25. The van der Waals surface area contributed by atoms with Crippen LogP contribution in [0.4, 0.5) is 0 Å². The molecule has 0 aliphatic heterocycles. The molecule has 15 heavy (non-hydrogen) atoms. The van der Waals surface area contributed by atoms with Gasteiger partial charge in [-0.15, -0.1) is 0 Å². The highest BCUT2D eigenvalue weighted by Gasteiger charge is 2.31. The highest BCUT2D eigenvalue weighted by atomic mass is 79.9. The molecule has 1 saturated carbocycles. The Morgan fingerprint density at radius 1 is 1.53 bits per heavy atom. The minimum absolute atomic E-state index is 0.286. The molecule has 2 rings (SSSR count). The van der Waals surface area contributed by atoms with Crippen molar-refractivity contribution in [2.45, 2.75) is 23.0 Å². The second-order valence-corrected chi connectivity index (χ2v) is 6.38. The maximum Gasteiger partial charge on any atom is 0.134 e. The predicted octanol–water partition coefficient (Wildman–Crippen LogP) is 3.38. The first-order chi connectivity index (χ1) is 7.13. The van der Waals surface area contributed by atoms with Crippen LogP contribution < -0.4 is 4.74 Å². The average Bonchev–Trinajstić information content (AvgIpc) is 3.00. The van der Waals surface area contributed by atoms with E-state index in [4.69, 9.17) is 16.3 Å². The van der Waals surface area contributed by atoms with Crippen LogP contribution in [0, 0.1) is 0 Å². The molecule has 0 heterocycles. The summed E-state index contributed by atoms with van der Waals surface area (Å²) < 4.78 is 17.9. The van der Waals surface area contributed by atoms with Crippen LogP contribution in [0.3, 0.4) is 0 Å². The quantitative estimate of drug-likeness (QED) is 0.855. The minimum atomic E-state index is -0.989. The minimum Gasteiger partial charge on any atom is -0.496 e. The highest BCUT2D eigenvalue weighted by Crippen LogP contribution is 2.37. The van der Waals surface area contributed by atoms with Crippen LogP contribution in [0.15, 0.2) is 21.5 Å². The summed E-state index contributed by atoms with van der Waals surface area (Å²) >= 11 is 9.38. The lowest BCUT2D eigenvalue weighted by Crippen LogP contribution is -1.99. The molecule has 82 valence electrons. The molecule has 1 aliphatic carbocycles. The van der Waals surface area contributed by atoms with E-state index in [1.54, 1.807) is 19.2 Å². The monoisotopic (exact) mass is 308 g/mol. The lowest BCUT2D eigenvalue weighted by atomic mass is 10.3. The van der Waals surface area contributed by atoms with Crippen molar-refractivity contribution in [3.63, 3.8) is 0 Å². The molecule has 5 heteroatoms. The summed E-state index contributed by atoms with van der Waals surface area (Å²) in [5.41, 5.74) is 0. The lowest BCUT2D eigenvalue weighted by Gasteiger charge is -2.08. The zero-order valence-electron chi connectivity index (χ0n) is 8.13. The molecular weight excluding hydrogens is 300 g/mol. The molecule has 1 unspecified atom stereocenters. The van der Waals surface area contributed by atoms with E-state index < -0.39 is 10.8 Å². The van der Waals surface area contributed by atoms with Gasteiger partial charge in [0.15, 0.2) is 0 Å². The van der Waals surface area contributed by atoms with Gasteiger partial charge in [0.2, 0.25) is 0 Å². The number of methoxy groups -OCH3 is 1. The maximum absolute atomic E-state index is 12.0. The Bertz CT molecular complexity index is 418. The largest absolute Gasteiger partial charge is 0.496 e. The number of rotatable bonds is 3. The van der Waals surface area contributed by atoms with Gasteiger partial charge in [-0.1, -0.05) is 11.6 Å². The van der Waals surface area contributed by atoms with E-state index >= 15 is 0 Å². The fraction of sp³-hybridized carbons (Fsp3) is 0.400. The van der Waals surface area contributed by atoms with Gasteiger partial charge in [0.25, 0.3) is 0 Å². The molecule has 2 nitrogen and oxygen atoms in total. The molecule has 1 aromatic rings. The van der Waals surface area contributed by atoms with Gasteiger partial charge in [-0.2, -0.15) is 0 Å². The SMILES string of the molecule is COc1cc(S(=O)C2CC2)c(Cl)cc1Br. The van der Waals surface area contributed by atoms with Gasteiger partial charge in [-0.25, -0.2) is 0 Å². The molecule has 1 aromatic carbocycles. The summed E-state index contributed by atoms with van der Waals surface area (Å²) in [6.45, 7) is 0. The first-order valence-electron chi connectivity index (χ1n) is 4.57. The van der Waals surface area contributed by atoms with Crippen molar-refractivity contribution in [2.24, 2.45) is 0 Å². The van der Waals surface area contributed by atoms with Gasteiger partial charge in [0, 0.05) is 5.25 Å². The lowest BCUT2D eigenvalue weighted by molar-refractivity contribution is 0.411. The van der Waals surface area contributed by atoms with Gasteiger partial charge >= 0.3 is 0 Å². The van der Waals surface area contributed by atoms with Crippen molar-refractivity contribution in [1.29, 1.82) is 0 Å². The van der Waals surface area contributed by atoms with E-state index in [0.29, 0.717) is 15.7 Å². The molecule has 0 radical (unpaired) electrons. The highest BCUT2D eigenvalue weighted by molar-refractivity contribution is 9.10. The molecule has 0 N–H and O–H groups in total. The van der Waals surface area contributed by atoms with Gasteiger partial charge in [-0.05, 0) is 40.9 Å². The first-order valence-corrected chi connectivity index (χ1v) is 6.95. The van der Waals surface area contributed by atoms with Crippen LogP contribution in [-0.4, -0.2) is 16.6 Å². The van der Waals surface area contributed by atoms with Crippen LogP contribution >= 0.6 is 27.5 Å². The summed E-state index contributed by atoms with van der Waals surface area (Å²) in [4.78, 5) is 0.680. The fourth-order valence-corrected chi connectivity index (χ4v) is 3.71. The molecule has 0 saturated heterocycles. The Labute approximate surface area is 105 Å². The van der Waals surface area contributed by atoms with E-state index in [1.807, 2.05) is 0 Å². The predicted molar refractivity (Wildman–Crippen MR) is 65.1 cm³/mol. The Morgan fingerprint density at radius 3 is 2.73 bits per heavy atom. The molecule has 1 aliphatic rings. The Hall–Kier alpha value is -0.0600. The van der Waals surface area contributed by atoms with Crippen molar-refractivity contribution < 1.29 is 8.95 Å². The Balaban J connectivity index is 2.41. The van der Waals surface area contributed by atoms with Crippen LogP contribution in [0.5, 0.6) is 5.75 Å². The van der Waals surface area contributed by atoms with Crippen LogP contribution in [0.25, 0.3) is 0 Å². The molecule has 0 aromatic heterocycles. The van der Waals surface area contributed by atoms with Crippen molar-refractivity contribution in [2.75, 3.05) is 7.11 Å². The standard InChI is InChI=1S/C10H10BrClO2S/c1-14-9-5-10(8(12)4-7(9)11)15(13)6-2-3-6/h4-6H,2-3H2,1H3. The van der Waals surface area contributed by atoms with Gasteiger partial charge in [-0.3, -0.25) is 4.21 Å². The molecular formula is C10H10BrClO2S. The molecule has 0 spiro atoms. The summed E-state index contributed by atoms with van der Waals surface area (Å²) in [5, 5.41) is 0.821. The molecule has 0 amide bonds. The van der Waals surface area contributed by atoms with Gasteiger partial charge < -0.3 is 4.74 Å². The van der Waals surface area contributed by atoms with Crippen LogP contribution in [0.1, 0.15) is 12.8 Å². The van der Waals surface area contributed by atoms with Crippen molar-refractivity contribution >= 4 is 38.3 Å². The number of halogens is 2. The second-order valence-electron chi connectivity index (χ2n) is 3.41. The third kappa shape index (κ3) is 2.37. The van der Waals surface area contributed by atoms with Crippen LogP contribution in [-0.2, 0) is 10.8 Å². The number of ether oxygens (including phenoxy) is 1. The molecule has 1 fully saturated rings. The van der Waals surface area contributed by atoms with E-state index in [1.165, 1.54) is 0 Å². The average molecular weight is 310 g/mol. The Morgan fingerprint density at radius 2 is 2.20 bits per heavy atom. The summed E-state index contributed by atoms with van der Waals surface area (Å²) in [5.74, 6) is 0.670. The topological polar surface area (TPSA) is 26.3 Å². The third-order valence-corrected chi connectivity index (χ3v) is 5.14. The smallest absolute Gasteiger partial charge is 0.134 e. The summed E-state index contributed by atoms with van der Waals surface area (Å²) in [7, 11) is 0.593. The van der Waals surface area contributed by atoms with E-state index in [2.05, 4.69) is 15.9 Å². The van der Waals surface area contributed by atoms with Crippen LogP contribution in [0.2, 0.25) is 5.02 Å². The molecule has 0 bridgehead atoms. The summed E-state index contributed by atoms with van der Waals surface area (Å²) in [6, 6.07) is 3.48. The number of hydrogen-bond acceptors (Lipinski definition) is 2. The van der Waals surface area contributed by atoms with Crippen molar-refractivity contribution in [3.8, 4) is 5.75 Å². The Kier molecular flexibility index (Phi) is 3.38. The summed E-state index contributed by atoms with van der Waals surface area (Å²) in [6.07, 6.45) is 2.06. The maximum atomic E-state index is 12.0. The number of benzene rings is 1. The first kappa shape index (κ1) is 11.4. The normalized spacial score (nSPS) is 17.5. The zero-order chi connectivity index (χ0) is 11.0. The van der Waals surface area contributed by atoms with E-state index in [-0.39, 0.29) is 5.25 Å². The van der Waals surface area contributed by atoms with E-state index in [9.17, 15) is 4.21 Å². The zero-order valence-corrected chi connectivity index (χ0v) is 11.3. The van der Waals surface area contributed by atoms with Crippen molar-refractivity contribution in [1.82, 2.24) is 0 Å². The number of hydrogen-bond donors (Lipinski definition) is 0. The fourth-order valence-electron chi connectivity index (χ4n) is 1.28. The van der Waals surface area contributed by atoms with Crippen molar-refractivity contribution in [3.05, 3.63) is 21.6 Å². The van der Waals surface area contributed by atoms with E-state index in [0.717, 1.165) is 17.3 Å². The van der Waals surface area contributed by atoms with Gasteiger partial charge in [0.1, 0.15) is 5.75 Å². The van der Waals surface area contributed by atoms with Gasteiger partial charge in [0.05, 0.1) is 32.3 Å².